The summed E-state index contributed by atoms with van der Waals surface area (Å²) in [5.41, 5.74) is 13.8. The summed E-state index contributed by atoms with van der Waals surface area (Å²) in [6, 6.07) is 9.52. The fourth-order valence-corrected chi connectivity index (χ4v) is 4.08. The summed E-state index contributed by atoms with van der Waals surface area (Å²) in [4.78, 5) is 24.0. The van der Waals surface area contributed by atoms with Gasteiger partial charge in [-0.2, -0.15) is 4.98 Å². The van der Waals surface area contributed by atoms with Crippen LogP contribution in [-0.2, 0) is 0 Å². The molecule has 1 aliphatic heterocycles. The fraction of sp³-hybridized carbons (Fsp3) is 0.286. The number of non-ortho nitro benzene ring substituents is 1. The molecule has 11 nitrogen and oxygen atoms in total. The molecule has 1 aliphatic rings. The van der Waals surface area contributed by atoms with E-state index >= 15 is 0 Å². The number of nitrogens with zero attached hydrogens (tertiary/aromatic N) is 5. The van der Waals surface area contributed by atoms with Crippen molar-refractivity contribution >= 4 is 51.3 Å². The maximum Gasteiger partial charge on any atom is 0.269 e. The van der Waals surface area contributed by atoms with Gasteiger partial charge in [-0.25, -0.2) is 4.98 Å². The number of piperazine rings is 1. The number of benzene rings is 2. The SMILES string of the molecule is COc1cc2nc(N3CCN(c4ccc([N+](=O)[O-])cc4)CC3C(N)=S)nc(N)c2cc1OC. The lowest BCUT2D eigenvalue weighted by atomic mass is 10.1. The molecule has 0 spiro atoms. The van der Waals surface area contributed by atoms with Crippen LogP contribution in [0.4, 0.5) is 23.1 Å². The van der Waals surface area contributed by atoms with Gasteiger partial charge in [-0.3, -0.25) is 10.1 Å². The summed E-state index contributed by atoms with van der Waals surface area (Å²) in [6.07, 6.45) is 0. The van der Waals surface area contributed by atoms with Gasteiger partial charge in [-0.1, -0.05) is 12.2 Å². The molecule has 0 saturated carbocycles. The summed E-state index contributed by atoms with van der Waals surface area (Å²) >= 11 is 5.35. The number of nitrogen functional groups attached to an aromatic ring is 1. The maximum absolute atomic E-state index is 10.9. The monoisotopic (exact) mass is 469 g/mol. The lowest BCUT2D eigenvalue weighted by molar-refractivity contribution is -0.384. The lowest BCUT2D eigenvalue weighted by Gasteiger charge is -2.42. The van der Waals surface area contributed by atoms with Crippen molar-refractivity contribution in [1.29, 1.82) is 0 Å². The van der Waals surface area contributed by atoms with Gasteiger partial charge in [0, 0.05) is 48.9 Å². The Balaban J connectivity index is 1.66. The Hall–Kier alpha value is -3.93. The molecular formula is C21H23N7O4S. The second kappa shape index (κ2) is 8.90. The molecule has 0 radical (unpaired) electrons. The normalized spacial score (nSPS) is 16.0. The average molecular weight is 470 g/mol. The molecule has 172 valence electrons. The number of nitrogens with two attached hydrogens (primary N) is 2. The van der Waals surface area contributed by atoms with Gasteiger partial charge in [0.15, 0.2) is 11.5 Å². The van der Waals surface area contributed by atoms with E-state index in [1.165, 1.54) is 12.1 Å². The fourth-order valence-electron chi connectivity index (χ4n) is 3.88. The molecule has 0 bridgehead atoms. The Morgan fingerprint density at radius 1 is 1.15 bits per heavy atom. The van der Waals surface area contributed by atoms with E-state index in [-0.39, 0.29) is 16.7 Å². The molecule has 1 saturated heterocycles. The number of thiocarbonyl (C=S) groups is 1. The summed E-state index contributed by atoms with van der Waals surface area (Å²) < 4.78 is 10.7. The zero-order chi connectivity index (χ0) is 23.7. The smallest absolute Gasteiger partial charge is 0.269 e. The third kappa shape index (κ3) is 4.24. The van der Waals surface area contributed by atoms with E-state index in [9.17, 15) is 10.1 Å². The van der Waals surface area contributed by atoms with Crippen LogP contribution in [0.1, 0.15) is 0 Å². The van der Waals surface area contributed by atoms with Crippen LogP contribution >= 0.6 is 12.2 Å². The van der Waals surface area contributed by atoms with Crippen LogP contribution in [0, 0.1) is 10.1 Å². The first-order valence-corrected chi connectivity index (χ1v) is 10.5. The van der Waals surface area contributed by atoms with Crippen LogP contribution < -0.4 is 30.7 Å². The summed E-state index contributed by atoms with van der Waals surface area (Å²) in [5.74, 6) is 1.78. The van der Waals surface area contributed by atoms with Crippen molar-refractivity contribution in [3.63, 3.8) is 0 Å². The highest BCUT2D eigenvalue weighted by Crippen LogP contribution is 2.34. The number of nitro groups is 1. The third-order valence-corrected chi connectivity index (χ3v) is 5.88. The van der Waals surface area contributed by atoms with Crippen molar-refractivity contribution in [3.8, 4) is 11.5 Å². The number of ether oxygens (including phenoxy) is 2. The minimum Gasteiger partial charge on any atom is -0.493 e. The minimum atomic E-state index is -0.425. The molecule has 4 rings (SSSR count). The van der Waals surface area contributed by atoms with E-state index in [1.54, 1.807) is 38.5 Å². The highest BCUT2D eigenvalue weighted by atomic mass is 32.1. The minimum absolute atomic E-state index is 0.0374. The number of methoxy groups -OCH3 is 2. The van der Waals surface area contributed by atoms with Gasteiger partial charge in [0.2, 0.25) is 5.95 Å². The highest BCUT2D eigenvalue weighted by Gasteiger charge is 2.31. The molecule has 0 amide bonds. The topological polar surface area (TPSA) is 146 Å². The zero-order valence-corrected chi connectivity index (χ0v) is 18.9. The van der Waals surface area contributed by atoms with Gasteiger partial charge in [0.25, 0.3) is 5.69 Å². The van der Waals surface area contributed by atoms with E-state index in [0.717, 1.165) is 5.69 Å². The molecule has 12 heteroatoms. The van der Waals surface area contributed by atoms with Crippen molar-refractivity contribution in [2.75, 3.05) is 49.4 Å². The van der Waals surface area contributed by atoms with Gasteiger partial charge in [-0.15, -0.1) is 0 Å². The first kappa shape index (κ1) is 22.3. The van der Waals surface area contributed by atoms with Crippen LogP contribution in [-0.4, -0.2) is 59.8 Å². The first-order valence-electron chi connectivity index (χ1n) is 10.1. The van der Waals surface area contributed by atoms with Crippen molar-refractivity contribution in [1.82, 2.24) is 9.97 Å². The summed E-state index contributed by atoms with van der Waals surface area (Å²) in [5, 5.41) is 11.6. The van der Waals surface area contributed by atoms with Gasteiger partial charge in [-0.05, 0) is 18.2 Å². The number of hydrogen-bond donors (Lipinski definition) is 2. The van der Waals surface area contributed by atoms with Crippen LogP contribution in [0.15, 0.2) is 36.4 Å². The Kier molecular flexibility index (Phi) is 6.01. The van der Waals surface area contributed by atoms with E-state index in [2.05, 4.69) is 9.88 Å². The predicted molar refractivity (Wildman–Crippen MR) is 130 cm³/mol. The standard InChI is InChI=1S/C21H23N7O4S/c1-31-17-9-14-15(10-18(17)32-2)24-21(25-19(14)22)27-8-7-26(11-16(27)20(23)33)12-3-5-13(6-4-12)28(29)30/h3-6,9-10,16H,7-8,11H2,1-2H3,(H2,23,33)(H2,22,24,25). The number of hydrogen-bond acceptors (Lipinski definition) is 10. The molecule has 0 aliphatic carbocycles. The molecular weight excluding hydrogens is 446 g/mol. The van der Waals surface area contributed by atoms with Gasteiger partial charge >= 0.3 is 0 Å². The average Bonchev–Trinajstić information content (AvgIpc) is 2.82. The molecule has 1 atom stereocenters. The molecule has 2 heterocycles. The van der Waals surface area contributed by atoms with Gasteiger partial charge < -0.3 is 30.7 Å². The second-order valence-electron chi connectivity index (χ2n) is 7.46. The molecule has 4 N–H and O–H groups in total. The quantitative estimate of drug-likeness (QED) is 0.311. The molecule has 3 aromatic rings. The van der Waals surface area contributed by atoms with Gasteiger partial charge in [0.05, 0.1) is 35.7 Å². The summed E-state index contributed by atoms with van der Waals surface area (Å²) in [7, 11) is 3.10. The van der Waals surface area contributed by atoms with Crippen LogP contribution in [0.25, 0.3) is 10.9 Å². The van der Waals surface area contributed by atoms with Crippen molar-refractivity contribution in [3.05, 3.63) is 46.5 Å². The van der Waals surface area contributed by atoms with E-state index in [4.69, 9.17) is 38.1 Å². The van der Waals surface area contributed by atoms with Gasteiger partial charge in [0.1, 0.15) is 5.82 Å². The Morgan fingerprint density at radius 2 is 1.82 bits per heavy atom. The third-order valence-electron chi connectivity index (χ3n) is 5.61. The molecule has 2 aromatic carbocycles. The number of rotatable bonds is 6. The lowest BCUT2D eigenvalue weighted by Crippen LogP contribution is -2.58. The van der Waals surface area contributed by atoms with Crippen LogP contribution in [0.5, 0.6) is 11.5 Å². The van der Waals surface area contributed by atoms with Crippen molar-refractivity contribution in [2.24, 2.45) is 5.73 Å². The number of nitro benzene ring substituents is 1. The van der Waals surface area contributed by atoms with E-state index in [0.29, 0.717) is 53.8 Å². The Labute approximate surface area is 195 Å². The summed E-state index contributed by atoms with van der Waals surface area (Å²) in [6.45, 7) is 1.61. The van der Waals surface area contributed by atoms with E-state index < -0.39 is 4.92 Å². The zero-order valence-electron chi connectivity index (χ0n) is 18.1. The molecule has 33 heavy (non-hydrogen) atoms. The Morgan fingerprint density at radius 3 is 2.42 bits per heavy atom. The molecule has 1 aromatic heterocycles. The number of anilines is 3. The highest BCUT2D eigenvalue weighted by molar-refractivity contribution is 7.80. The maximum atomic E-state index is 10.9. The van der Waals surface area contributed by atoms with Crippen LogP contribution in [0.2, 0.25) is 0 Å². The first-order chi connectivity index (χ1) is 15.8. The predicted octanol–water partition coefficient (Wildman–Crippen LogP) is 2.12. The molecule has 1 unspecified atom stereocenters. The van der Waals surface area contributed by atoms with Crippen molar-refractivity contribution < 1.29 is 14.4 Å². The van der Waals surface area contributed by atoms with E-state index in [1.807, 2.05) is 4.90 Å². The largest absolute Gasteiger partial charge is 0.493 e. The molecule has 1 fully saturated rings. The number of fused-ring (bicyclic) bond motifs is 1. The number of aromatic nitrogens is 2. The Bertz CT molecular complexity index is 1220. The van der Waals surface area contributed by atoms with Crippen molar-refractivity contribution in [2.45, 2.75) is 6.04 Å². The second-order valence-corrected chi connectivity index (χ2v) is 7.94. The van der Waals surface area contributed by atoms with Crippen LogP contribution in [0.3, 0.4) is 0 Å².